The van der Waals surface area contributed by atoms with Gasteiger partial charge in [-0.15, -0.1) is 0 Å². The van der Waals surface area contributed by atoms with Gasteiger partial charge in [-0.25, -0.2) is 0 Å². The van der Waals surface area contributed by atoms with Gasteiger partial charge < -0.3 is 24.8 Å². The molecule has 1 aliphatic rings. The molecule has 1 atom stereocenters. The van der Waals surface area contributed by atoms with Crippen LogP contribution in [0.2, 0.25) is 0 Å². The first-order chi connectivity index (χ1) is 13.2. The second-order valence-electron chi connectivity index (χ2n) is 7.11. The molecule has 2 rings (SSSR count). The van der Waals surface area contributed by atoms with E-state index in [1.807, 2.05) is 19.1 Å². The molecular formula is C21H35N3O3. The summed E-state index contributed by atoms with van der Waals surface area (Å²) in [5.41, 5.74) is 1.23. The minimum Gasteiger partial charge on any atom is -0.489 e. The minimum atomic E-state index is 0.0501. The Bertz CT molecular complexity index is 542. The van der Waals surface area contributed by atoms with E-state index in [0.29, 0.717) is 12.5 Å². The summed E-state index contributed by atoms with van der Waals surface area (Å²) in [6.07, 6.45) is 3.25. The maximum atomic E-state index is 5.91. The zero-order valence-electron chi connectivity index (χ0n) is 17.0. The minimum absolute atomic E-state index is 0.0501. The number of aliphatic imine (C=N–C) groups is 1. The summed E-state index contributed by atoms with van der Waals surface area (Å²) in [5, 5.41) is 6.62. The molecule has 27 heavy (non-hydrogen) atoms. The molecule has 1 aromatic rings. The summed E-state index contributed by atoms with van der Waals surface area (Å²) in [6, 6.07) is 8.11. The predicted octanol–water partition coefficient (Wildman–Crippen LogP) is 2.76. The van der Waals surface area contributed by atoms with Crippen LogP contribution in [0.25, 0.3) is 0 Å². The van der Waals surface area contributed by atoms with Crippen molar-refractivity contribution in [2.24, 2.45) is 10.9 Å². The summed E-state index contributed by atoms with van der Waals surface area (Å²) in [7, 11) is 1.78. The fraction of sp³-hybridized carbons (Fsp3) is 0.667. The molecule has 6 nitrogen and oxygen atoms in total. The van der Waals surface area contributed by atoms with Crippen LogP contribution in [0, 0.1) is 12.8 Å². The Morgan fingerprint density at radius 3 is 2.67 bits per heavy atom. The number of nitrogens with one attached hydrogen (secondary N) is 2. The van der Waals surface area contributed by atoms with E-state index in [2.05, 4.69) is 34.7 Å². The van der Waals surface area contributed by atoms with Gasteiger partial charge >= 0.3 is 0 Å². The van der Waals surface area contributed by atoms with Gasteiger partial charge in [-0.2, -0.15) is 0 Å². The van der Waals surface area contributed by atoms with E-state index in [4.69, 9.17) is 14.2 Å². The number of guanidine groups is 1. The van der Waals surface area contributed by atoms with E-state index >= 15 is 0 Å². The van der Waals surface area contributed by atoms with Crippen LogP contribution < -0.4 is 15.4 Å². The maximum absolute atomic E-state index is 5.91. The van der Waals surface area contributed by atoms with Crippen molar-refractivity contribution in [3.63, 3.8) is 0 Å². The Balaban J connectivity index is 1.52. The van der Waals surface area contributed by atoms with Gasteiger partial charge in [0.05, 0.1) is 6.54 Å². The molecule has 0 aliphatic carbocycles. The Hall–Kier alpha value is -1.79. The summed E-state index contributed by atoms with van der Waals surface area (Å²) < 4.78 is 17.1. The van der Waals surface area contributed by atoms with Crippen LogP contribution in [-0.2, 0) is 9.47 Å². The number of nitrogens with zero attached hydrogens (tertiary/aromatic N) is 1. The molecule has 152 valence electrons. The lowest BCUT2D eigenvalue weighted by Gasteiger charge is -2.21. The van der Waals surface area contributed by atoms with Gasteiger partial charge in [0, 0.05) is 40.0 Å². The third-order valence-electron chi connectivity index (χ3n) is 4.59. The fourth-order valence-electron chi connectivity index (χ4n) is 2.90. The topological polar surface area (TPSA) is 64.1 Å². The molecule has 1 fully saturated rings. The van der Waals surface area contributed by atoms with E-state index in [0.717, 1.165) is 63.9 Å². The van der Waals surface area contributed by atoms with Crippen LogP contribution in [0.3, 0.4) is 0 Å². The van der Waals surface area contributed by atoms with Gasteiger partial charge in [0.15, 0.2) is 5.96 Å². The normalized spacial score (nSPS) is 16.8. The molecule has 0 bridgehead atoms. The second-order valence-corrected chi connectivity index (χ2v) is 7.11. The van der Waals surface area contributed by atoms with Crippen LogP contribution >= 0.6 is 0 Å². The Morgan fingerprint density at radius 2 is 1.96 bits per heavy atom. The lowest BCUT2D eigenvalue weighted by Crippen LogP contribution is -2.42. The number of aryl methyl sites for hydroxylation is 1. The fourth-order valence-corrected chi connectivity index (χ4v) is 2.90. The van der Waals surface area contributed by atoms with E-state index in [1.165, 1.54) is 5.56 Å². The number of hydrogen-bond donors (Lipinski definition) is 2. The van der Waals surface area contributed by atoms with Crippen LogP contribution in [0.1, 0.15) is 31.7 Å². The molecule has 1 aromatic carbocycles. The first-order valence-corrected chi connectivity index (χ1v) is 10.0. The van der Waals surface area contributed by atoms with Crippen LogP contribution in [0.5, 0.6) is 5.75 Å². The number of ether oxygens (including phenoxy) is 3. The molecule has 0 amide bonds. The van der Waals surface area contributed by atoms with Gasteiger partial charge in [-0.1, -0.05) is 17.7 Å². The van der Waals surface area contributed by atoms with Crippen molar-refractivity contribution < 1.29 is 14.2 Å². The zero-order valence-corrected chi connectivity index (χ0v) is 17.0. The predicted molar refractivity (Wildman–Crippen MR) is 110 cm³/mol. The average Bonchev–Trinajstić information content (AvgIpc) is 2.69. The number of rotatable bonds is 10. The Kier molecular flexibility index (Phi) is 10.0. The Morgan fingerprint density at radius 1 is 1.22 bits per heavy atom. The van der Waals surface area contributed by atoms with E-state index < -0.39 is 0 Å². The smallest absolute Gasteiger partial charge is 0.191 e. The SMILES string of the molecule is CN=C(NCCCOCC1CCOCC1)NCC(C)Oc1ccc(C)cc1. The maximum Gasteiger partial charge on any atom is 0.191 e. The van der Waals surface area contributed by atoms with E-state index in [-0.39, 0.29) is 6.10 Å². The molecule has 1 aliphatic heterocycles. The molecule has 0 aromatic heterocycles. The lowest BCUT2D eigenvalue weighted by molar-refractivity contribution is 0.0203. The molecule has 6 heteroatoms. The summed E-state index contributed by atoms with van der Waals surface area (Å²) in [6.45, 7) is 9.02. The standard InChI is InChI=1S/C21H35N3O3/c1-17-5-7-20(8-6-17)27-18(2)15-24-21(22-3)23-11-4-12-26-16-19-9-13-25-14-10-19/h5-8,18-19H,4,9-16H2,1-3H3,(H2,22,23,24). The van der Waals surface area contributed by atoms with Crippen LogP contribution in [0.4, 0.5) is 0 Å². The number of hydrogen-bond acceptors (Lipinski definition) is 4. The molecule has 0 spiro atoms. The number of benzene rings is 1. The van der Waals surface area contributed by atoms with Crippen molar-refractivity contribution >= 4 is 5.96 Å². The van der Waals surface area contributed by atoms with Crippen molar-refractivity contribution in [2.75, 3.05) is 46.6 Å². The first-order valence-electron chi connectivity index (χ1n) is 10.0. The summed E-state index contributed by atoms with van der Waals surface area (Å²) in [4.78, 5) is 4.25. The zero-order chi connectivity index (χ0) is 19.3. The van der Waals surface area contributed by atoms with Crippen molar-refractivity contribution in [3.05, 3.63) is 29.8 Å². The second kappa shape index (κ2) is 12.6. The summed E-state index contributed by atoms with van der Waals surface area (Å²) >= 11 is 0. The molecule has 2 N–H and O–H groups in total. The highest BCUT2D eigenvalue weighted by Gasteiger charge is 2.13. The molecular weight excluding hydrogens is 342 g/mol. The highest BCUT2D eigenvalue weighted by Crippen LogP contribution is 2.14. The van der Waals surface area contributed by atoms with Crippen molar-refractivity contribution in [1.82, 2.24) is 10.6 Å². The molecule has 0 radical (unpaired) electrons. The molecule has 1 heterocycles. The third kappa shape index (κ3) is 9.11. The third-order valence-corrected chi connectivity index (χ3v) is 4.59. The Labute approximate surface area is 163 Å². The molecule has 1 unspecified atom stereocenters. The van der Waals surface area contributed by atoms with Gasteiger partial charge in [0.1, 0.15) is 11.9 Å². The van der Waals surface area contributed by atoms with Gasteiger partial charge in [-0.05, 0) is 51.2 Å². The largest absolute Gasteiger partial charge is 0.489 e. The highest BCUT2D eigenvalue weighted by molar-refractivity contribution is 5.79. The van der Waals surface area contributed by atoms with Crippen molar-refractivity contribution in [2.45, 2.75) is 39.2 Å². The van der Waals surface area contributed by atoms with Crippen LogP contribution in [0.15, 0.2) is 29.3 Å². The van der Waals surface area contributed by atoms with Gasteiger partial charge in [-0.3, -0.25) is 4.99 Å². The first kappa shape index (κ1) is 21.5. The monoisotopic (exact) mass is 377 g/mol. The lowest BCUT2D eigenvalue weighted by atomic mass is 10.0. The van der Waals surface area contributed by atoms with Crippen molar-refractivity contribution in [3.8, 4) is 5.75 Å². The van der Waals surface area contributed by atoms with Crippen LogP contribution in [-0.4, -0.2) is 58.6 Å². The highest BCUT2D eigenvalue weighted by atomic mass is 16.5. The quantitative estimate of drug-likeness (QED) is 0.373. The summed E-state index contributed by atoms with van der Waals surface area (Å²) in [5.74, 6) is 2.34. The van der Waals surface area contributed by atoms with Gasteiger partial charge in [0.25, 0.3) is 0 Å². The van der Waals surface area contributed by atoms with E-state index in [9.17, 15) is 0 Å². The van der Waals surface area contributed by atoms with Crippen molar-refractivity contribution in [1.29, 1.82) is 0 Å². The van der Waals surface area contributed by atoms with Gasteiger partial charge in [0.2, 0.25) is 0 Å². The molecule has 0 saturated carbocycles. The van der Waals surface area contributed by atoms with E-state index in [1.54, 1.807) is 7.05 Å². The molecule has 1 saturated heterocycles. The average molecular weight is 378 g/mol.